The van der Waals surface area contributed by atoms with Crippen molar-refractivity contribution in [1.82, 2.24) is 9.55 Å². The van der Waals surface area contributed by atoms with E-state index in [0.29, 0.717) is 5.69 Å². The quantitative estimate of drug-likeness (QED) is 0.147. The average molecular weight is 612 g/mol. The van der Waals surface area contributed by atoms with Gasteiger partial charge in [-0.05, 0) is 98.2 Å². The smallest absolute Gasteiger partial charge is 0.188 e. The monoisotopic (exact) mass is 611 g/mol. The molecule has 0 fully saturated rings. The van der Waals surface area contributed by atoms with Gasteiger partial charge in [0.15, 0.2) is 5.69 Å². The van der Waals surface area contributed by atoms with E-state index in [0.717, 1.165) is 60.6 Å². The molecule has 0 amide bonds. The highest BCUT2D eigenvalue weighted by atomic mass is 16.3. The highest BCUT2D eigenvalue weighted by molar-refractivity contribution is 6.22. The van der Waals surface area contributed by atoms with Crippen LogP contribution >= 0.6 is 0 Å². The van der Waals surface area contributed by atoms with E-state index < -0.39 is 0 Å². The van der Waals surface area contributed by atoms with Crippen LogP contribution in [0.2, 0.25) is 0 Å². The summed E-state index contributed by atoms with van der Waals surface area (Å²) in [6.07, 6.45) is 3.77. The van der Waals surface area contributed by atoms with E-state index in [2.05, 4.69) is 124 Å². The zero-order valence-corrected chi connectivity index (χ0v) is 25.7. The van der Waals surface area contributed by atoms with Crippen molar-refractivity contribution >= 4 is 71.0 Å². The van der Waals surface area contributed by atoms with Crippen molar-refractivity contribution in [2.45, 2.75) is 0 Å². The Morgan fingerprint density at radius 1 is 0.500 bits per heavy atom. The number of nitrogens with zero attached hydrogens (tertiary/aromatic N) is 3. The second-order valence-electron chi connectivity index (χ2n) is 12.2. The minimum Gasteiger partial charge on any atom is -0.456 e. The summed E-state index contributed by atoms with van der Waals surface area (Å²) in [5, 5.41) is 9.11. The van der Waals surface area contributed by atoms with Crippen LogP contribution in [-0.2, 0) is 0 Å². The topological polar surface area (TPSA) is 35.3 Å². The van der Waals surface area contributed by atoms with Gasteiger partial charge in [0.1, 0.15) is 11.2 Å². The van der Waals surface area contributed by atoms with Crippen molar-refractivity contribution in [3.05, 3.63) is 163 Å². The van der Waals surface area contributed by atoms with E-state index in [4.69, 9.17) is 11.0 Å². The third-order valence-corrected chi connectivity index (χ3v) is 9.67. The molecule has 0 spiro atoms. The number of aromatic nitrogens is 2. The largest absolute Gasteiger partial charge is 0.456 e. The average Bonchev–Trinajstić information content (AvgIpc) is 3.68. The number of hydrogen-bond donors (Lipinski definition) is 0. The molecule has 0 aliphatic heterocycles. The fourth-order valence-electron chi connectivity index (χ4n) is 7.63. The highest BCUT2D eigenvalue weighted by Gasteiger charge is 2.19. The first-order valence-electron chi connectivity index (χ1n) is 16.0. The van der Waals surface area contributed by atoms with Crippen molar-refractivity contribution in [3.63, 3.8) is 0 Å². The first-order chi connectivity index (χ1) is 23.8. The molecule has 0 saturated carbocycles. The van der Waals surface area contributed by atoms with Crippen molar-refractivity contribution in [3.8, 4) is 27.9 Å². The number of furan rings is 1. The predicted octanol–water partition coefficient (Wildman–Crippen LogP) is 12.3. The normalized spacial score (nSPS) is 11.7. The maximum atomic E-state index is 7.80. The molecule has 0 aliphatic rings. The minimum absolute atomic E-state index is 0.625. The Balaban J connectivity index is 1.28. The summed E-state index contributed by atoms with van der Waals surface area (Å²) in [6, 6.07) is 48.9. The first-order valence-corrected chi connectivity index (χ1v) is 16.0. The Hall–Kier alpha value is -6.70. The molecule has 10 aromatic rings. The lowest BCUT2D eigenvalue weighted by molar-refractivity contribution is 0.669. The molecule has 10 rings (SSSR count). The summed E-state index contributed by atoms with van der Waals surface area (Å²) in [6.45, 7) is 7.80. The van der Waals surface area contributed by atoms with Gasteiger partial charge in [0, 0.05) is 39.8 Å². The number of para-hydroxylation sites is 1. The van der Waals surface area contributed by atoms with Gasteiger partial charge in [0.05, 0.1) is 17.6 Å². The van der Waals surface area contributed by atoms with Gasteiger partial charge in [-0.2, -0.15) is 0 Å². The summed E-state index contributed by atoms with van der Waals surface area (Å²) >= 11 is 0. The Morgan fingerprint density at radius 2 is 1.12 bits per heavy atom. The Bertz CT molecular complexity index is 2900. The molecule has 0 aliphatic carbocycles. The molecular weight excluding hydrogens is 587 g/mol. The van der Waals surface area contributed by atoms with E-state index in [-0.39, 0.29) is 0 Å². The van der Waals surface area contributed by atoms with Crippen LogP contribution in [0.25, 0.3) is 98.1 Å². The van der Waals surface area contributed by atoms with Crippen molar-refractivity contribution in [2.75, 3.05) is 0 Å². The molecule has 4 heteroatoms. The van der Waals surface area contributed by atoms with Crippen LogP contribution in [0.4, 0.5) is 5.69 Å². The second kappa shape index (κ2) is 10.2. The molecule has 0 unspecified atom stereocenters. The third kappa shape index (κ3) is 3.79. The SMILES string of the molecule is [C-]#[N+]c1ccc2c(c1)c1cc(-c3c4ccccc4c(-c4cccnc4)c4ccccc34)ccc1n2-c1ccc2oc3ccccc3c2c1. The summed E-state index contributed by atoms with van der Waals surface area (Å²) in [5.41, 5.74) is 10.2. The number of fused-ring (bicyclic) bond motifs is 8. The maximum absolute atomic E-state index is 7.80. The Morgan fingerprint density at radius 3 is 1.81 bits per heavy atom. The lowest BCUT2D eigenvalue weighted by atomic mass is 9.86. The van der Waals surface area contributed by atoms with Gasteiger partial charge in [-0.25, -0.2) is 4.85 Å². The zero-order valence-electron chi connectivity index (χ0n) is 25.7. The third-order valence-electron chi connectivity index (χ3n) is 9.67. The van der Waals surface area contributed by atoms with Crippen LogP contribution in [0, 0.1) is 6.57 Å². The second-order valence-corrected chi connectivity index (χ2v) is 12.2. The molecule has 0 N–H and O–H groups in total. The van der Waals surface area contributed by atoms with Crippen molar-refractivity contribution in [2.24, 2.45) is 0 Å². The number of benzene rings is 7. The van der Waals surface area contributed by atoms with Gasteiger partial charge in [0.25, 0.3) is 0 Å². The molecule has 3 aromatic heterocycles. The van der Waals surface area contributed by atoms with Crippen LogP contribution in [-0.4, -0.2) is 9.55 Å². The van der Waals surface area contributed by atoms with Crippen LogP contribution in [0.15, 0.2) is 156 Å². The van der Waals surface area contributed by atoms with Crippen LogP contribution in [0.5, 0.6) is 0 Å². The van der Waals surface area contributed by atoms with Gasteiger partial charge >= 0.3 is 0 Å². The molecule has 3 heterocycles. The number of hydrogen-bond acceptors (Lipinski definition) is 2. The van der Waals surface area contributed by atoms with Gasteiger partial charge in [-0.1, -0.05) is 84.9 Å². The molecule has 0 radical (unpaired) electrons. The standard InChI is InChI=1S/C44H25N3O/c1-45-29-17-20-40-37(24-29)36-23-27(16-19-39(36)47(40)30-18-21-42-38(25-30)31-10-6-7-15-41(31)48-42)43-32-11-2-4-13-34(32)44(28-9-8-22-46-26-28)35-14-5-3-12-33(35)43/h2-26H. The molecule has 48 heavy (non-hydrogen) atoms. The summed E-state index contributed by atoms with van der Waals surface area (Å²) < 4.78 is 8.47. The molecule has 222 valence electrons. The first kappa shape index (κ1) is 26.5. The van der Waals surface area contributed by atoms with E-state index in [1.54, 1.807) is 0 Å². The fraction of sp³-hybridized carbons (Fsp3) is 0. The predicted molar refractivity (Wildman–Crippen MR) is 198 cm³/mol. The fourth-order valence-corrected chi connectivity index (χ4v) is 7.63. The van der Waals surface area contributed by atoms with E-state index in [1.807, 2.05) is 42.7 Å². The molecule has 7 aromatic carbocycles. The summed E-state index contributed by atoms with van der Waals surface area (Å²) in [5.74, 6) is 0. The van der Waals surface area contributed by atoms with Gasteiger partial charge in [0.2, 0.25) is 0 Å². The lowest BCUT2D eigenvalue weighted by Gasteiger charge is -2.17. The van der Waals surface area contributed by atoms with Crippen LogP contribution < -0.4 is 0 Å². The van der Waals surface area contributed by atoms with Gasteiger partial charge in [-0.3, -0.25) is 4.98 Å². The lowest BCUT2D eigenvalue weighted by Crippen LogP contribution is -1.94. The van der Waals surface area contributed by atoms with E-state index >= 15 is 0 Å². The molecule has 4 nitrogen and oxygen atoms in total. The van der Waals surface area contributed by atoms with Crippen molar-refractivity contribution in [1.29, 1.82) is 0 Å². The highest BCUT2D eigenvalue weighted by Crippen LogP contribution is 2.45. The minimum atomic E-state index is 0.625. The van der Waals surface area contributed by atoms with Crippen LogP contribution in [0.3, 0.4) is 0 Å². The molecular formula is C44H25N3O. The zero-order chi connectivity index (χ0) is 31.8. The summed E-state index contributed by atoms with van der Waals surface area (Å²) in [4.78, 5) is 8.26. The number of pyridine rings is 1. The Labute approximate surface area is 275 Å². The molecule has 0 atom stereocenters. The Kier molecular flexibility index (Phi) is 5.61. The van der Waals surface area contributed by atoms with E-state index in [1.165, 1.54) is 32.7 Å². The van der Waals surface area contributed by atoms with Gasteiger partial charge < -0.3 is 8.98 Å². The van der Waals surface area contributed by atoms with Gasteiger partial charge in [-0.15, -0.1) is 0 Å². The van der Waals surface area contributed by atoms with Crippen LogP contribution in [0.1, 0.15) is 0 Å². The number of rotatable bonds is 3. The van der Waals surface area contributed by atoms with Crippen molar-refractivity contribution < 1.29 is 4.42 Å². The van der Waals surface area contributed by atoms with E-state index in [9.17, 15) is 0 Å². The maximum Gasteiger partial charge on any atom is 0.188 e. The summed E-state index contributed by atoms with van der Waals surface area (Å²) in [7, 11) is 0. The molecule has 0 bridgehead atoms. The molecule has 0 saturated heterocycles.